The second-order valence-corrected chi connectivity index (χ2v) is 5.65. The molecule has 2 aromatic rings. The van der Waals surface area contributed by atoms with Gasteiger partial charge in [0.05, 0.1) is 18.7 Å². The average molecular weight is 322 g/mol. The number of nitrogens with one attached hydrogen (secondary N) is 1. The molecule has 0 saturated carbocycles. The van der Waals surface area contributed by atoms with E-state index in [9.17, 15) is 0 Å². The van der Waals surface area contributed by atoms with Crippen LogP contribution in [0.15, 0.2) is 54.6 Å². The zero-order valence-electron chi connectivity index (χ0n) is 14.1. The van der Waals surface area contributed by atoms with E-state index in [0.29, 0.717) is 36.8 Å². The van der Waals surface area contributed by atoms with E-state index in [1.807, 2.05) is 43.3 Å². The van der Waals surface area contributed by atoms with E-state index in [4.69, 9.17) is 14.7 Å². The summed E-state index contributed by atoms with van der Waals surface area (Å²) in [7, 11) is 1.63. The molecule has 0 unspecified atom stereocenters. The maximum Gasteiger partial charge on any atom is 0.161 e. The van der Waals surface area contributed by atoms with Crippen molar-refractivity contribution in [3.8, 4) is 17.6 Å². The summed E-state index contributed by atoms with van der Waals surface area (Å²) in [6.07, 6.45) is 0. The van der Waals surface area contributed by atoms with Crippen LogP contribution in [-0.2, 0) is 13.1 Å². The molecular weight excluding hydrogens is 300 g/mol. The van der Waals surface area contributed by atoms with Crippen molar-refractivity contribution in [3.05, 3.63) is 71.3 Å². The van der Waals surface area contributed by atoms with Crippen LogP contribution in [0.1, 0.15) is 23.6 Å². The summed E-state index contributed by atoms with van der Waals surface area (Å²) in [4.78, 5) is 0. The fraction of sp³-hybridized carbons (Fsp3) is 0.250. The second-order valence-electron chi connectivity index (χ2n) is 5.65. The molecule has 0 aliphatic carbocycles. The van der Waals surface area contributed by atoms with Gasteiger partial charge >= 0.3 is 0 Å². The fourth-order valence-electron chi connectivity index (χ4n) is 2.25. The van der Waals surface area contributed by atoms with Crippen molar-refractivity contribution in [2.24, 2.45) is 0 Å². The quantitative estimate of drug-likeness (QED) is 0.751. The molecule has 0 atom stereocenters. The van der Waals surface area contributed by atoms with Crippen molar-refractivity contribution in [3.63, 3.8) is 0 Å². The Bertz CT molecular complexity index is 748. The predicted molar refractivity (Wildman–Crippen MR) is 95.0 cm³/mol. The van der Waals surface area contributed by atoms with Crippen LogP contribution in [0, 0.1) is 11.3 Å². The minimum Gasteiger partial charge on any atom is -0.493 e. The third-order valence-corrected chi connectivity index (χ3v) is 3.42. The van der Waals surface area contributed by atoms with Gasteiger partial charge in [-0.15, -0.1) is 0 Å². The van der Waals surface area contributed by atoms with Crippen LogP contribution in [-0.4, -0.2) is 13.7 Å². The molecular formula is C20H22N2O2. The molecule has 0 spiro atoms. The van der Waals surface area contributed by atoms with Gasteiger partial charge in [-0.2, -0.15) is 5.26 Å². The molecule has 0 radical (unpaired) electrons. The lowest BCUT2D eigenvalue weighted by atomic mass is 10.1. The molecule has 0 aliphatic heterocycles. The normalized spacial score (nSPS) is 10.0. The third kappa shape index (κ3) is 5.15. The number of rotatable bonds is 8. The molecule has 0 aromatic heterocycles. The molecule has 0 saturated heterocycles. The van der Waals surface area contributed by atoms with E-state index in [-0.39, 0.29) is 0 Å². The highest BCUT2D eigenvalue weighted by Crippen LogP contribution is 2.28. The number of nitriles is 1. The number of methoxy groups -OCH3 is 1. The van der Waals surface area contributed by atoms with E-state index >= 15 is 0 Å². The Morgan fingerprint density at radius 1 is 1.12 bits per heavy atom. The topological polar surface area (TPSA) is 54.3 Å². The summed E-state index contributed by atoms with van der Waals surface area (Å²) in [6, 6.07) is 15.6. The molecule has 1 N–H and O–H groups in total. The summed E-state index contributed by atoms with van der Waals surface area (Å²) in [5.41, 5.74) is 3.82. The number of hydrogen-bond acceptors (Lipinski definition) is 4. The number of benzene rings is 2. The summed E-state index contributed by atoms with van der Waals surface area (Å²) < 4.78 is 11.1. The number of nitrogens with zero attached hydrogens (tertiary/aromatic N) is 1. The van der Waals surface area contributed by atoms with E-state index in [1.165, 1.54) is 0 Å². The zero-order valence-corrected chi connectivity index (χ0v) is 14.1. The van der Waals surface area contributed by atoms with Crippen molar-refractivity contribution in [2.75, 3.05) is 13.7 Å². The molecule has 2 rings (SSSR count). The maximum atomic E-state index is 8.93. The van der Waals surface area contributed by atoms with Gasteiger partial charge in [0.25, 0.3) is 0 Å². The van der Waals surface area contributed by atoms with Gasteiger partial charge in [-0.05, 0) is 47.9 Å². The summed E-state index contributed by atoms with van der Waals surface area (Å²) in [5, 5.41) is 12.3. The Hall–Kier alpha value is -2.77. The average Bonchev–Trinajstić information content (AvgIpc) is 2.60. The highest BCUT2D eigenvalue weighted by Gasteiger charge is 2.06. The Kier molecular flexibility index (Phi) is 6.41. The van der Waals surface area contributed by atoms with Gasteiger partial charge in [0.1, 0.15) is 6.61 Å². The third-order valence-electron chi connectivity index (χ3n) is 3.42. The molecule has 0 heterocycles. The van der Waals surface area contributed by atoms with Crippen LogP contribution in [0.2, 0.25) is 0 Å². The lowest BCUT2D eigenvalue weighted by Crippen LogP contribution is -2.13. The second kappa shape index (κ2) is 8.76. The zero-order chi connectivity index (χ0) is 17.4. The van der Waals surface area contributed by atoms with Gasteiger partial charge in [-0.3, -0.25) is 0 Å². The van der Waals surface area contributed by atoms with Crippen molar-refractivity contribution in [2.45, 2.75) is 20.0 Å². The fourth-order valence-corrected chi connectivity index (χ4v) is 2.25. The number of ether oxygens (including phenoxy) is 2. The maximum absolute atomic E-state index is 8.93. The summed E-state index contributed by atoms with van der Waals surface area (Å²) in [5.74, 6) is 1.42. The molecule has 0 aliphatic rings. The van der Waals surface area contributed by atoms with Crippen LogP contribution in [0.25, 0.3) is 0 Å². The van der Waals surface area contributed by atoms with E-state index in [1.54, 1.807) is 13.2 Å². The van der Waals surface area contributed by atoms with Crippen LogP contribution in [0.3, 0.4) is 0 Å². The first-order valence-electron chi connectivity index (χ1n) is 7.76. The van der Waals surface area contributed by atoms with E-state index in [2.05, 4.69) is 18.0 Å². The van der Waals surface area contributed by atoms with Gasteiger partial charge in [0.15, 0.2) is 11.5 Å². The molecule has 0 amide bonds. The van der Waals surface area contributed by atoms with Crippen molar-refractivity contribution in [1.29, 1.82) is 5.26 Å². The highest BCUT2D eigenvalue weighted by atomic mass is 16.5. The standard InChI is InChI=1S/C20H22N2O2/c1-15(2)14-24-20-10-18(7-8-19(20)23-3)13-22-12-17-6-4-5-16(9-17)11-21/h4-10,22H,1,12-14H2,2-3H3. The molecule has 124 valence electrons. The largest absolute Gasteiger partial charge is 0.493 e. The van der Waals surface area contributed by atoms with Gasteiger partial charge in [-0.1, -0.05) is 24.8 Å². The van der Waals surface area contributed by atoms with Crippen LogP contribution in [0.4, 0.5) is 0 Å². The minimum absolute atomic E-state index is 0.466. The lowest BCUT2D eigenvalue weighted by molar-refractivity contribution is 0.319. The highest BCUT2D eigenvalue weighted by molar-refractivity contribution is 5.43. The molecule has 0 bridgehead atoms. The Labute approximate surface area is 143 Å². The minimum atomic E-state index is 0.466. The molecule has 4 nitrogen and oxygen atoms in total. The Balaban J connectivity index is 1.97. The summed E-state index contributed by atoms with van der Waals surface area (Å²) >= 11 is 0. The molecule has 24 heavy (non-hydrogen) atoms. The van der Waals surface area contributed by atoms with Crippen LogP contribution >= 0.6 is 0 Å². The van der Waals surface area contributed by atoms with E-state index in [0.717, 1.165) is 16.7 Å². The van der Waals surface area contributed by atoms with Crippen LogP contribution < -0.4 is 14.8 Å². The Morgan fingerprint density at radius 3 is 2.54 bits per heavy atom. The summed E-state index contributed by atoms with van der Waals surface area (Å²) in [6.45, 7) is 7.63. The molecule has 4 heteroatoms. The van der Waals surface area contributed by atoms with Gasteiger partial charge < -0.3 is 14.8 Å². The molecule has 0 fully saturated rings. The SMILES string of the molecule is C=C(C)COc1cc(CNCc2cccc(C#N)c2)ccc1OC. The van der Waals surface area contributed by atoms with Crippen molar-refractivity contribution < 1.29 is 9.47 Å². The van der Waals surface area contributed by atoms with Crippen LogP contribution in [0.5, 0.6) is 11.5 Å². The van der Waals surface area contributed by atoms with Gasteiger partial charge in [0, 0.05) is 13.1 Å². The van der Waals surface area contributed by atoms with Gasteiger partial charge in [-0.25, -0.2) is 0 Å². The first-order chi connectivity index (χ1) is 11.6. The first kappa shape index (κ1) is 17.6. The van der Waals surface area contributed by atoms with Crippen molar-refractivity contribution in [1.82, 2.24) is 5.32 Å². The van der Waals surface area contributed by atoms with Crippen molar-refractivity contribution >= 4 is 0 Å². The first-order valence-corrected chi connectivity index (χ1v) is 7.76. The Morgan fingerprint density at radius 2 is 1.88 bits per heavy atom. The lowest BCUT2D eigenvalue weighted by Gasteiger charge is -2.13. The smallest absolute Gasteiger partial charge is 0.161 e. The van der Waals surface area contributed by atoms with E-state index < -0.39 is 0 Å². The predicted octanol–water partition coefficient (Wildman–Crippen LogP) is 3.81. The molecule has 2 aromatic carbocycles. The monoisotopic (exact) mass is 322 g/mol. The van der Waals surface area contributed by atoms with Gasteiger partial charge in [0.2, 0.25) is 0 Å². The number of hydrogen-bond donors (Lipinski definition) is 1.